The fraction of sp³-hybridized carbons (Fsp3) is 0.571. The molecule has 2 N–H and O–H groups in total. The van der Waals surface area contributed by atoms with Gasteiger partial charge in [0, 0.05) is 10.7 Å². The molecule has 3 nitrogen and oxygen atoms in total. The molecule has 1 fully saturated rings. The van der Waals surface area contributed by atoms with Crippen molar-refractivity contribution in [2.24, 2.45) is 5.92 Å². The molecule has 2 atom stereocenters. The maximum atomic E-state index is 12.5. The van der Waals surface area contributed by atoms with Crippen molar-refractivity contribution in [2.75, 3.05) is 5.73 Å². The Morgan fingerprint density at radius 1 is 1.37 bits per heavy atom. The van der Waals surface area contributed by atoms with Crippen LogP contribution in [0.1, 0.15) is 38.2 Å². The lowest BCUT2D eigenvalue weighted by molar-refractivity contribution is 0.382. The molecular weight excluding hydrogens is 282 g/mol. The van der Waals surface area contributed by atoms with Crippen LogP contribution in [0.3, 0.4) is 0 Å². The van der Waals surface area contributed by atoms with Crippen LogP contribution in [0.15, 0.2) is 18.2 Å². The Labute approximate surface area is 120 Å². The quantitative estimate of drug-likeness (QED) is 0.870. The molecule has 1 saturated carbocycles. The second kappa shape index (κ2) is 5.71. The molecule has 0 aliphatic heterocycles. The zero-order valence-electron chi connectivity index (χ0n) is 11.1. The Hall–Kier alpha value is -0.740. The van der Waals surface area contributed by atoms with E-state index in [9.17, 15) is 8.42 Å². The molecule has 0 heterocycles. The largest absolute Gasteiger partial charge is 0.399 e. The number of benzene rings is 1. The Kier molecular flexibility index (Phi) is 4.41. The monoisotopic (exact) mass is 301 g/mol. The third-order valence-electron chi connectivity index (χ3n) is 3.82. The third-order valence-corrected chi connectivity index (χ3v) is 6.35. The summed E-state index contributed by atoms with van der Waals surface area (Å²) in [5.74, 6) is 0.485. The Morgan fingerprint density at radius 3 is 2.79 bits per heavy atom. The highest BCUT2D eigenvalue weighted by molar-refractivity contribution is 7.91. The number of halogens is 1. The summed E-state index contributed by atoms with van der Waals surface area (Å²) in [4.78, 5) is 0. The molecule has 106 valence electrons. The van der Waals surface area contributed by atoms with Crippen molar-refractivity contribution in [1.29, 1.82) is 0 Å². The molecular formula is C14H20ClNO2S. The van der Waals surface area contributed by atoms with Crippen molar-refractivity contribution >= 4 is 27.1 Å². The van der Waals surface area contributed by atoms with Gasteiger partial charge in [0.25, 0.3) is 0 Å². The molecule has 2 rings (SSSR count). The Bertz CT molecular complexity index is 557. The normalized spacial score (nSPS) is 24.3. The van der Waals surface area contributed by atoms with E-state index in [-0.39, 0.29) is 11.0 Å². The first-order valence-electron chi connectivity index (χ1n) is 6.64. The second-order valence-electron chi connectivity index (χ2n) is 5.55. The van der Waals surface area contributed by atoms with Gasteiger partial charge in [0.2, 0.25) is 0 Å². The molecule has 0 saturated heterocycles. The van der Waals surface area contributed by atoms with E-state index in [1.54, 1.807) is 18.2 Å². The fourth-order valence-electron chi connectivity index (χ4n) is 2.74. The second-order valence-corrected chi connectivity index (χ2v) is 8.24. The van der Waals surface area contributed by atoms with Gasteiger partial charge in [-0.15, -0.1) is 0 Å². The predicted molar refractivity (Wildman–Crippen MR) is 79.9 cm³/mol. The number of hydrogen-bond acceptors (Lipinski definition) is 3. The zero-order valence-corrected chi connectivity index (χ0v) is 12.7. The SMILES string of the molecule is CC1CCCC(S(=O)(=O)Cc2cc(N)ccc2Cl)C1. The van der Waals surface area contributed by atoms with Crippen LogP contribution >= 0.6 is 11.6 Å². The van der Waals surface area contributed by atoms with Crippen LogP contribution in [-0.4, -0.2) is 13.7 Å². The lowest BCUT2D eigenvalue weighted by atomic mass is 9.91. The van der Waals surface area contributed by atoms with Crippen molar-refractivity contribution < 1.29 is 8.42 Å². The first-order chi connectivity index (χ1) is 8.88. The minimum atomic E-state index is -3.15. The Balaban J connectivity index is 2.18. The molecule has 0 aromatic heterocycles. The number of anilines is 1. The van der Waals surface area contributed by atoms with Crippen LogP contribution in [0.4, 0.5) is 5.69 Å². The van der Waals surface area contributed by atoms with E-state index in [1.165, 1.54) is 0 Å². The van der Waals surface area contributed by atoms with Gasteiger partial charge in [0.05, 0.1) is 11.0 Å². The standard InChI is InChI=1S/C14H20ClNO2S/c1-10-3-2-4-13(7-10)19(17,18)9-11-8-12(16)5-6-14(11)15/h5-6,8,10,13H,2-4,7,9,16H2,1H3. The van der Waals surface area contributed by atoms with Crippen molar-refractivity contribution in [3.05, 3.63) is 28.8 Å². The summed E-state index contributed by atoms with van der Waals surface area (Å²) in [5.41, 5.74) is 6.85. The molecule has 1 aromatic carbocycles. The van der Waals surface area contributed by atoms with E-state index in [4.69, 9.17) is 17.3 Å². The minimum Gasteiger partial charge on any atom is -0.399 e. The summed E-state index contributed by atoms with van der Waals surface area (Å²) >= 11 is 6.05. The van der Waals surface area contributed by atoms with Gasteiger partial charge in [-0.1, -0.05) is 31.4 Å². The number of hydrogen-bond donors (Lipinski definition) is 1. The maximum absolute atomic E-state index is 12.5. The highest BCUT2D eigenvalue weighted by atomic mass is 35.5. The predicted octanol–water partition coefficient (Wildman–Crippen LogP) is 3.42. The van der Waals surface area contributed by atoms with Gasteiger partial charge in [-0.2, -0.15) is 0 Å². The number of sulfone groups is 1. The summed E-state index contributed by atoms with van der Waals surface area (Å²) in [6.07, 6.45) is 3.66. The van der Waals surface area contributed by atoms with Gasteiger partial charge in [-0.3, -0.25) is 0 Å². The minimum absolute atomic E-state index is 0.00569. The van der Waals surface area contributed by atoms with E-state index in [1.807, 2.05) is 0 Å². The first kappa shape index (κ1) is 14.7. The number of nitrogens with two attached hydrogens (primary N) is 1. The highest BCUT2D eigenvalue weighted by Crippen LogP contribution is 2.31. The van der Waals surface area contributed by atoms with E-state index >= 15 is 0 Å². The van der Waals surface area contributed by atoms with Crippen LogP contribution < -0.4 is 5.73 Å². The fourth-order valence-corrected chi connectivity index (χ4v) is 5.06. The van der Waals surface area contributed by atoms with Gasteiger partial charge >= 0.3 is 0 Å². The van der Waals surface area contributed by atoms with Gasteiger partial charge in [-0.05, 0) is 42.5 Å². The molecule has 1 aliphatic carbocycles. The van der Waals surface area contributed by atoms with E-state index in [0.717, 1.165) is 25.7 Å². The number of rotatable bonds is 3. The highest BCUT2D eigenvalue weighted by Gasteiger charge is 2.30. The van der Waals surface area contributed by atoms with Crippen molar-refractivity contribution in [3.63, 3.8) is 0 Å². The van der Waals surface area contributed by atoms with Gasteiger partial charge in [0.15, 0.2) is 9.84 Å². The average Bonchev–Trinajstić information content (AvgIpc) is 2.33. The molecule has 0 amide bonds. The summed E-state index contributed by atoms with van der Waals surface area (Å²) < 4.78 is 24.9. The van der Waals surface area contributed by atoms with Crippen LogP contribution in [0.25, 0.3) is 0 Å². The summed E-state index contributed by atoms with van der Waals surface area (Å²) in [5, 5.41) is 0.246. The van der Waals surface area contributed by atoms with Crippen molar-refractivity contribution in [1.82, 2.24) is 0 Å². The average molecular weight is 302 g/mol. The molecule has 1 aromatic rings. The smallest absolute Gasteiger partial charge is 0.157 e. The molecule has 1 aliphatic rings. The first-order valence-corrected chi connectivity index (χ1v) is 8.73. The molecule has 2 unspecified atom stereocenters. The molecule has 19 heavy (non-hydrogen) atoms. The van der Waals surface area contributed by atoms with Crippen LogP contribution in [-0.2, 0) is 15.6 Å². The van der Waals surface area contributed by atoms with E-state index in [0.29, 0.717) is 22.2 Å². The molecule has 0 radical (unpaired) electrons. The summed E-state index contributed by atoms with van der Waals surface area (Å²) in [6, 6.07) is 5.00. The summed E-state index contributed by atoms with van der Waals surface area (Å²) in [7, 11) is -3.15. The lowest BCUT2D eigenvalue weighted by Gasteiger charge is -2.26. The van der Waals surface area contributed by atoms with Crippen LogP contribution in [0, 0.1) is 5.92 Å². The van der Waals surface area contributed by atoms with E-state index < -0.39 is 9.84 Å². The zero-order chi connectivity index (χ0) is 14.0. The summed E-state index contributed by atoms with van der Waals surface area (Å²) in [6.45, 7) is 2.12. The van der Waals surface area contributed by atoms with Crippen LogP contribution in [0.5, 0.6) is 0 Å². The van der Waals surface area contributed by atoms with Crippen molar-refractivity contribution in [2.45, 2.75) is 43.6 Å². The van der Waals surface area contributed by atoms with E-state index in [2.05, 4.69) is 6.92 Å². The van der Waals surface area contributed by atoms with Gasteiger partial charge in [0.1, 0.15) is 0 Å². The molecule has 5 heteroatoms. The lowest BCUT2D eigenvalue weighted by Crippen LogP contribution is -2.28. The van der Waals surface area contributed by atoms with Crippen LogP contribution in [0.2, 0.25) is 5.02 Å². The Morgan fingerprint density at radius 2 is 2.11 bits per heavy atom. The van der Waals surface area contributed by atoms with Gasteiger partial charge in [-0.25, -0.2) is 8.42 Å². The molecule has 0 spiro atoms. The number of nitrogen functional groups attached to an aromatic ring is 1. The van der Waals surface area contributed by atoms with Crippen molar-refractivity contribution in [3.8, 4) is 0 Å². The van der Waals surface area contributed by atoms with Gasteiger partial charge < -0.3 is 5.73 Å². The maximum Gasteiger partial charge on any atom is 0.157 e. The third kappa shape index (κ3) is 3.63. The topological polar surface area (TPSA) is 60.2 Å². The molecule has 0 bridgehead atoms.